The Labute approximate surface area is 126 Å². The molecule has 114 valence electrons. The van der Waals surface area contributed by atoms with Gasteiger partial charge in [-0.25, -0.2) is 5.01 Å². The van der Waals surface area contributed by atoms with Crippen molar-refractivity contribution in [3.05, 3.63) is 23.9 Å². The van der Waals surface area contributed by atoms with Crippen LogP contribution in [0.4, 0.5) is 0 Å². The first-order valence-electron chi connectivity index (χ1n) is 7.48. The lowest BCUT2D eigenvalue weighted by molar-refractivity contribution is 0.0935. The molecular formula is C18H32N2. The first-order valence-corrected chi connectivity index (χ1v) is 7.48. The summed E-state index contributed by atoms with van der Waals surface area (Å²) in [6.07, 6.45) is 9.80. The second-order valence-electron chi connectivity index (χ2n) is 6.26. The van der Waals surface area contributed by atoms with Gasteiger partial charge in [0.1, 0.15) is 0 Å². The zero-order valence-electron chi connectivity index (χ0n) is 14.5. The van der Waals surface area contributed by atoms with Crippen molar-refractivity contribution in [2.24, 2.45) is 5.41 Å². The van der Waals surface area contributed by atoms with E-state index < -0.39 is 0 Å². The first kappa shape index (κ1) is 18.8. The maximum absolute atomic E-state index is 3.19. The number of hydrogen-bond donors (Lipinski definition) is 0. The summed E-state index contributed by atoms with van der Waals surface area (Å²) < 4.78 is 0. The van der Waals surface area contributed by atoms with Crippen LogP contribution in [0, 0.1) is 17.3 Å². The number of rotatable bonds is 8. The van der Waals surface area contributed by atoms with Crippen molar-refractivity contribution < 1.29 is 0 Å². The van der Waals surface area contributed by atoms with Crippen molar-refractivity contribution in [1.29, 1.82) is 0 Å². The predicted octanol–water partition coefficient (Wildman–Crippen LogP) is 4.46. The Morgan fingerprint density at radius 1 is 1.25 bits per heavy atom. The minimum atomic E-state index is 0.256. The molecule has 0 rings (SSSR count). The summed E-state index contributed by atoms with van der Waals surface area (Å²) in [6.45, 7) is 11.8. The van der Waals surface area contributed by atoms with Crippen LogP contribution in [0.15, 0.2) is 23.9 Å². The Bertz CT molecular complexity index is 378. The fraction of sp³-hybridized carbons (Fsp3) is 0.667. The van der Waals surface area contributed by atoms with E-state index in [4.69, 9.17) is 0 Å². The minimum Gasteiger partial charge on any atom is -0.310 e. The molecule has 2 nitrogen and oxygen atoms in total. The lowest BCUT2D eigenvalue weighted by Gasteiger charge is -2.28. The van der Waals surface area contributed by atoms with E-state index in [1.165, 1.54) is 5.57 Å². The van der Waals surface area contributed by atoms with Gasteiger partial charge in [-0.05, 0) is 32.1 Å². The zero-order chi connectivity index (χ0) is 15.6. The molecule has 0 saturated heterocycles. The maximum Gasteiger partial charge on any atom is 0.0547 e. The molecule has 0 heterocycles. The van der Waals surface area contributed by atoms with Crippen molar-refractivity contribution in [2.45, 2.75) is 53.9 Å². The van der Waals surface area contributed by atoms with Crippen molar-refractivity contribution in [3.63, 3.8) is 0 Å². The number of allylic oxidation sites excluding steroid dienone is 2. The van der Waals surface area contributed by atoms with Gasteiger partial charge in [-0.3, -0.25) is 0 Å². The van der Waals surface area contributed by atoms with Crippen molar-refractivity contribution in [2.75, 3.05) is 20.6 Å². The molecule has 0 unspecified atom stereocenters. The van der Waals surface area contributed by atoms with Gasteiger partial charge < -0.3 is 5.01 Å². The van der Waals surface area contributed by atoms with Crippen LogP contribution in [0.5, 0.6) is 0 Å². The molecule has 0 N–H and O–H groups in total. The van der Waals surface area contributed by atoms with E-state index in [9.17, 15) is 0 Å². The Hall–Kier alpha value is -1.20. The third kappa shape index (κ3) is 8.82. The maximum atomic E-state index is 3.19. The summed E-state index contributed by atoms with van der Waals surface area (Å²) in [4.78, 5) is 0. The molecule has 0 aromatic rings. The molecule has 0 bridgehead atoms. The van der Waals surface area contributed by atoms with Gasteiger partial charge in [0, 0.05) is 26.7 Å². The van der Waals surface area contributed by atoms with Gasteiger partial charge in [0.15, 0.2) is 0 Å². The van der Waals surface area contributed by atoms with Crippen LogP contribution in [-0.2, 0) is 0 Å². The Balaban J connectivity index is 4.55. The van der Waals surface area contributed by atoms with Gasteiger partial charge >= 0.3 is 0 Å². The van der Waals surface area contributed by atoms with E-state index >= 15 is 0 Å². The predicted molar refractivity (Wildman–Crippen MR) is 90.0 cm³/mol. The molecule has 0 saturated carbocycles. The third-order valence-electron chi connectivity index (χ3n) is 3.19. The molecule has 0 aliphatic rings. The van der Waals surface area contributed by atoms with Crippen LogP contribution in [0.3, 0.4) is 0 Å². The highest BCUT2D eigenvalue weighted by molar-refractivity contribution is 5.06. The van der Waals surface area contributed by atoms with Crippen molar-refractivity contribution >= 4 is 0 Å². The smallest absolute Gasteiger partial charge is 0.0547 e. The molecule has 0 aromatic heterocycles. The van der Waals surface area contributed by atoms with Crippen LogP contribution in [0.1, 0.15) is 53.9 Å². The second kappa shape index (κ2) is 9.66. The molecule has 0 amide bonds. The van der Waals surface area contributed by atoms with Crippen LogP contribution in [0.25, 0.3) is 0 Å². The monoisotopic (exact) mass is 276 g/mol. The summed E-state index contributed by atoms with van der Waals surface area (Å²) in [5.41, 5.74) is 1.66. The minimum absolute atomic E-state index is 0.256. The third-order valence-corrected chi connectivity index (χ3v) is 3.19. The van der Waals surface area contributed by atoms with Crippen LogP contribution in [-0.4, -0.2) is 30.7 Å². The number of hydrazine groups is 1. The quantitative estimate of drug-likeness (QED) is 0.367. The van der Waals surface area contributed by atoms with Crippen LogP contribution < -0.4 is 0 Å². The van der Waals surface area contributed by atoms with E-state index in [0.717, 1.165) is 25.8 Å². The van der Waals surface area contributed by atoms with Gasteiger partial charge in [0.25, 0.3) is 0 Å². The normalized spacial score (nSPS) is 12.7. The van der Waals surface area contributed by atoms with Gasteiger partial charge in [-0.1, -0.05) is 38.5 Å². The average molecular weight is 276 g/mol. The fourth-order valence-corrected chi connectivity index (χ4v) is 1.72. The van der Waals surface area contributed by atoms with Gasteiger partial charge in [0.2, 0.25) is 0 Å². The highest BCUT2D eigenvalue weighted by Gasteiger charge is 2.14. The SMILES string of the molecule is CC#CCC(C)(C)C/C=C(\C)CN(/C=C\CC)N(C)C. The molecule has 0 fully saturated rings. The second-order valence-corrected chi connectivity index (χ2v) is 6.26. The summed E-state index contributed by atoms with van der Waals surface area (Å²) >= 11 is 0. The average Bonchev–Trinajstić information content (AvgIpc) is 2.38. The highest BCUT2D eigenvalue weighted by Crippen LogP contribution is 2.25. The number of nitrogens with zero attached hydrogens (tertiary/aromatic N) is 2. The van der Waals surface area contributed by atoms with E-state index in [1.807, 2.05) is 6.92 Å². The van der Waals surface area contributed by atoms with Crippen molar-refractivity contribution in [3.8, 4) is 11.8 Å². The van der Waals surface area contributed by atoms with Gasteiger partial charge in [-0.15, -0.1) is 11.8 Å². The first-order chi connectivity index (χ1) is 9.32. The lowest BCUT2D eigenvalue weighted by atomic mass is 9.85. The molecule has 0 aliphatic heterocycles. The molecule has 2 heteroatoms. The lowest BCUT2D eigenvalue weighted by Crippen LogP contribution is -2.33. The van der Waals surface area contributed by atoms with Gasteiger partial charge in [-0.2, -0.15) is 0 Å². The van der Waals surface area contributed by atoms with E-state index in [-0.39, 0.29) is 5.41 Å². The summed E-state index contributed by atoms with van der Waals surface area (Å²) in [7, 11) is 4.15. The Kier molecular flexibility index (Phi) is 9.08. The number of hydrogen-bond acceptors (Lipinski definition) is 2. The van der Waals surface area contributed by atoms with Crippen LogP contribution in [0.2, 0.25) is 0 Å². The molecule has 0 aromatic carbocycles. The Morgan fingerprint density at radius 3 is 2.40 bits per heavy atom. The van der Waals surface area contributed by atoms with E-state index in [2.05, 4.69) is 82.0 Å². The molecule has 20 heavy (non-hydrogen) atoms. The van der Waals surface area contributed by atoms with Crippen molar-refractivity contribution in [1.82, 2.24) is 10.0 Å². The van der Waals surface area contributed by atoms with E-state index in [0.29, 0.717) is 0 Å². The van der Waals surface area contributed by atoms with Gasteiger partial charge in [0.05, 0.1) is 6.54 Å². The zero-order valence-corrected chi connectivity index (χ0v) is 14.5. The fourth-order valence-electron chi connectivity index (χ4n) is 1.72. The molecular weight excluding hydrogens is 244 g/mol. The largest absolute Gasteiger partial charge is 0.310 e. The molecule has 0 radical (unpaired) electrons. The summed E-state index contributed by atoms with van der Waals surface area (Å²) in [5.74, 6) is 6.18. The molecule has 0 atom stereocenters. The highest BCUT2D eigenvalue weighted by atomic mass is 15.6. The molecule has 0 spiro atoms. The topological polar surface area (TPSA) is 6.48 Å². The summed E-state index contributed by atoms with van der Waals surface area (Å²) in [6, 6.07) is 0. The van der Waals surface area contributed by atoms with Crippen LogP contribution >= 0.6 is 0 Å². The molecule has 0 aliphatic carbocycles. The summed E-state index contributed by atoms with van der Waals surface area (Å²) in [5, 5.41) is 4.35. The van der Waals surface area contributed by atoms with E-state index in [1.54, 1.807) is 0 Å². The standard InChI is InChI=1S/C18H32N2/c1-8-10-13-18(4,5)14-12-17(3)16-20(19(6)7)15-11-9-2/h11-12,15H,9,13-14,16H2,1-7H3/b15-11-,17-12+. The Morgan fingerprint density at radius 2 is 1.90 bits per heavy atom.